The van der Waals surface area contributed by atoms with Crippen molar-refractivity contribution in [1.29, 1.82) is 0 Å². The Labute approximate surface area is 161 Å². The van der Waals surface area contributed by atoms with Crippen LogP contribution >= 0.6 is 0 Å². The van der Waals surface area contributed by atoms with Crippen molar-refractivity contribution in [3.05, 3.63) is 48.0 Å². The molecule has 0 saturated carbocycles. The molecule has 1 fully saturated rings. The van der Waals surface area contributed by atoms with E-state index in [9.17, 15) is 21.6 Å². The average Bonchev–Trinajstić information content (AvgIpc) is 3.15. The van der Waals surface area contributed by atoms with E-state index in [1.54, 1.807) is 6.20 Å². The van der Waals surface area contributed by atoms with Gasteiger partial charge in [0.1, 0.15) is 5.82 Å². The third kappa shape index (κ3) is 3.03. The molecule has 0 aliphatic carbocycles. The molecule has 1 aromatic carbocycles. The predicted octanol–water partition coefficient (Wildman–Crippen LogP) is 2.53. The third-order valence-corrected chi connectivity index (χ3v) is 7.82. The molecule has 1 saturated heterocycles. The van der Waals surface area contributed by atoms with Crippen LogP contribution < -0.4 is 0 Å². The molecule has 4 rings (SSSR count). The maximum absolute atomic E-state index is 12.9. The van der Waals surface area contributed by atoms with E-state index in [0.717, 1.165) is 43.2 Å². The van der Waals surface area contributed by atoms with E-state index < -0.39 is 21.8 Å². The summed E-state index contributed by atoms with van der Waals surface area (Å²) in [5.41, 5.74) is -1.17. The summed E-state index contributed by atoms with van der Waals surface area (Å²) in [4.78, 5) is 6.63. The molecule has 6 nitrogen and oxygen atoms in total. The quantitative estimate of drug-likeness (QED) is 0.758. The Morgan fingerprint density at radius 2 is 1.68 bits per heavy atom. The van der Waals surface area contributed by atoms with Gasteiger partial charge < -0.3 is 4.57 Å². The number of aromatic nitrogens is 2. The molecule has 2 aromatic rings. The van der Waals surface area contributed by atoms with Crippen molar-refractivity contribution in [2.75, 3.05) is 26.7 Å². The molecule has 2 aliphatic heterocycles. The van der Waals surface area contributed by atoms with Crippen LogP contribution in [0.4, 0.5) is 13.2 Å². The molecule has 10 heteroatoms. The summed E-state index contributed by atoms with van der Waals surface area (Å²) in [5, 5.41) is 0. The van der Waals surface area contributed by atoms with Gasteiger partial charge in [0.25, 0.3) is 0 Å². The fraction of sp³-hybridized carbons (Fsp3) is 0.500. The number of piperidine rings is 1. The van der Waals surface area contributed by atoms with Crippen LogP contribution in [0, 0.1) is 0 Å². The molecule has 3 heterocycles. The van der Waals surface area contributed by atoms with Gasteiger partial charge in [-0.25, -0.2) is 13.4 Å². The van der Waals surface area contributed by atoms with Crippen LogP contribution in [0.25, 0.3) is 0 Å². The van der Waals surface area contributed by atoms with Crippen molar-refractivity contribution in [2.24, 2.45) is 0 Å². The number of hydrogen-bond acceptors (Lipinski definition) is 4. The van der Waals surface area contributed by atoms with Crippen LogP contribution in [-0.2, 0) is 28.3 Å². The molecular formula is C18H21F3N4O2S. The Morgan fingerprint density at radius 3 is 2.29 bits per heavy atom. The second-order valence-electron chi connectivity index (χ2n) is 7.32. The highest BCUT2D eigenvalue weighted by atomic mass is 32.2. The molecule has 1 spiro atoms. The van der Waals surface area contributed by atoms with Gasteiger partial charge in [-0.1, -0.05) is 0 Å². The van der Waals surface area contributed by atoms with E-state index in [4.69, 9.17) is 0 Å². The molecule has 0 atom stereocenters. The molecule has 0 unspecified atom stereocenters. The number of halogens is 3. The monoisotopic (exact) mass is 414 g/mol. The first kappa shape index (κ1) is 19.4. The molecule has 1 aromatic heterocycles. The lowest BCUT2D eigenvalue weighted by Crippen LogP contribution is -2.56. The summed E-state index contributed by atoms with van der Waals surface area (Å²) in [6.45, 7) is 2.29. The van der Waals surface area contributed by atoms with Gasteiger partial charge in [-0.05, 0) is 44.2 Å². The Kier molecular flexibility index (Phi) is 4.55. The molecule has 0 radical (unpaired) electrons. The second-order valence-corrected chi connectivity index (χ2v) is 9.26. The van der Waals surface area contributed by atoms with Crippen molar-refractivity contribution in [2.45, 2.75) is 36.0 Å². The van der Waals surface area contributed by atoms with Crippen LogP contribution in [0.3, 0.4) is 0 Å². The van der Waals surface area contributed by atoms with Gasteiger partial charge >= 0.3 is 6.18 Å². The van der Waals surface area contributed by atoms with Crippen molar-refractivity contribution in [1.82, 2.24) is 18.8 Å². The van der Waals surface area contributed by atoms with E-state index in [2.05, 4.69) is 14.5 Å². The summed E-state index contributed by atoms with van der Waals surface area (Å²) in [5.74, 6) is 0.952. The van der Waals surface area contributed by atoms with Crippen molar-refractivity contribution < 1.29 is 21.6 Å². The van der Waals surface area contributed by atoms with Gasteiger partial charge in [-0.2, -0.15) is 17.5 Å². The lowest BCUT2D eigenvalue weighted by atomic mass is 9.84. The van der Waals surface area contributed by atoms with Gasteiger partial charge in [0.2, 0.25) is 10.0 Å². The second kappa shape index (κ2) is 6.57. The van der Waals surface area contributed by atoms with Gasteiger partial charge in [-0.3, -0.25) is 4.90 Å². The van der Waals surface area contributed by atoms with Crippen LogP contribution in [0.2, 0.25) is 0 Å². The number of nitrogens with zero attached hydrogens (tertiary/aromatic N) is 4. The number of imidazole rings is 1. The summed E-state index contributed by atoms with van der Waals surface area (Å²) in [6.07, 6.45) is 0.380. The molecule has 152 valence electrons. The molecular weight excluding hydrogens is 393 g/mol. The van der Waals surface area contributed by atoms with Gasteiger partial charge in [0.15, 0.2) is 0 Å². The Balaban J connectivity index is 1.55. The number of alkyl halides is 3. The van der Waals surface area contributed by atoms with Gasteiger partial charge in [0, 0.05) is 38.6 Å². The third-order valence-electron chi connectivity index (χ3n) is 5.91. The average molecular weight is 414 g/mol. The Bertz CT molecular complexity index is 961. The molecule has 2 aliphatic rings. The SMILES string of the molecule is CN1CCn2ccnc2C12CCN(S(=O)(=O)c1ccc(C(F)(F)F)cc1)CC2. The van der Waals surface area contributed by atoms with Crippen LogP contribution in [-0.4, -0.2) is 53.9 Å². The summed E-state index contributed by atoms with van der Waals surface area (Å²) in [7, 11) is -1.81. The minimum absolute atomic E-state index is 0.116. The largest absolute Gasteiger partial charge is 0.416 e. The highest BCUT2D eigenvalue weighted by Gasteiger charge is 2.46. The van der Waals surface area contributed by atoms with E-state index in [1.807, 2.05) is 13.2 Å². The number of sulfonamides is 1. The zero-order valence-corrected chi connectivity index (χ0v) is 16.2. The minimum atomic E-state index is -4.49. The fourth-order valence-electron chi connectivity index (χ4n) is 4.21. The van der Waals surface area contributed by atoms with Crippen LogP contribution in [0.1, 0.15) is 24.2 Å². The standard InChI is InChI=1S/C18H21F3N4O2S/c1-23-12-13-24-11-8-22-16(24)17(23)6-9-25(10-7-17)28(26,27)15-4-2-14(3-5-15)18(19,20)21/h2-5,8,11H,6-7,9-10,12-13H2,1H3. The maximum atomic E-state index is 12.9. The molecule has 0 N–H and O–H groups in total. The smallest absolute Gasteiger partial charge is 0.332 e. The molecule has 0 bridgehead atoms. The zero-order chi connectivity index (χ0) is 20.2. The number of fused-ring (bicyclic) bond motifs is 2. The van der Waals surface area contributed by atoms with Crippen molar-refractivity contribution in [3.8, 4) is 0 Å². The van der Waals surface area contributed by atoms with Crippen molar-refractivity contribution in [3.63, 3.8) is 0 Å². The van der Waals surface area contributed by atoms with Crippen LogP contribution in [0.5, 0.6) is 0 Å². The summed E-state index contributed by atoms with van der Waals surface area (Å²) >= 11 is 0. The first-order valence-electron chi connectivity index (χ1n) is 9.05. The zero-order valence-electron chi connectivity index (χ0n) is 15.4. The number of rotatable bonds is 2. The van der Waals surface area contributed by atoms with E-state index in [1.165, 1.54) is 4.31 Å². The van der Waals surface area contributed by atoms with E-state index >= 15 is 0 Å². The topological polar surface area (TPSA) is 58.4 Å². The van der Waals surface area contributed by atoms with Gasteiger partial charge in [0.05, 0.1) is 16.0 Å². The first-order valence-corrected chi connectivity index (χ1v) is 10.5. The number of likely N-dealkylation sites (N-methyl/N-ethyl adjacent to an activating group) is 1. The highest BCUT2D eigenvalue weighted by molar-refractivity contribution is 7.89. The Hall–Kier alpha value is -1.91. The maximum Gasteiger partial charge on any atom is 0.416 e. The first-order chi connectivity index (χ1) is 13.1. The minimum Gasteiger partial charge on any atom is -0.332 e. The Morgan fingerprint density at radius 1 is 1.04 bits per heavy atom. The van der Waals surface area contributed by atoms with E-state index in [0.29, 0.717) is 25.9 Å². The lowest BCUT2D eigenvalue weighted by Gasteiger charge is -2.49. The highest BCUT2D eigenvalue weighted by Crippen LogP contribution is 2.40. The number of hydrogen-bond donors (Lipinski definition) is 0. The number of benzene rings is 1. The lowest BCUT2D eigenvalue weighted by molar-refractivity contribution is -0.137. The summed E-state index contributed by atoms with van der Waals surface area (Å²) < 4.78 is 67.5. The summed E-state index contributed by atoms with van der Waals surface area (Å²) in [6, 6.07) is 3.68. The molecule has 28 heavy (non-hydrogen) atoms. The van der Waals surface area contributed by atoms with Crippen LogP contribution in [0.15, 0.2) is 41.6 Å². The van der Waals surface area contributed by atoms with Gasteiger partial charge in [-0.15, -0.1) is 0 Å². The predicted molar refractivity (Wildman–Crippen MR) is 96.0 cm³/mol. The van der Waals surface area contributed by atoms with Crippen molar-refractivity contribution >= 4 is 10.0 Å². The normalized spacial score (nSPS) is 21.0. The molecule has 0 amide bonds. The fourth-order valence-corrected chi connectivity index (χ4v) is 5.65. The van der Waals surface area contributed by atoms with E-state index in [-0.39, 0.29) is 10.4 Å².